The lowest BCUT2D eigenvalue weighted by Crippen LogP contribution is -2.31. The maximum atomic E-state index is 11.6. The number of aryl methyl sites for hydroxylation is 1. The van der Waals surface area contributed by atoms with Gasteiger partial charge in [0.1, 0.15) is 6.04 Å². The Bertz CT molecular complexity index is 517. The van der Waals surface area contributed by atoms with Crippen LogP contribution < -0.4 is 5.32 Å². The van der Waals surface area contributed by atoms with Crippen LogP contribution in [0.1, 0.15) is 43.2 Å². The van der Waals surface area contributed by atoms with E-state index in [9.17, 15) is 14.7 Å². The van der Waals surface area contributed by atoms with Crippen LogP contribution in [0, 0.1) is 12.8 Å². The summed E-state index contributed by atoms with van der Waals surface area (Å²) in [6.45, 7) is 7.51. The van der Waals surface area contributed by atoms with E-state index < -0.39 is 18.0 Å². The lowest BCUT2D eigenvalue weighted by Gasteiger charge is -2.16. The standard InChI is InChI=1S/C14H21N3O4/c1-5-21-13(20)10-7-15-14(16-9(10)4)17-11(12(18)19)6-8(2)3/h7-8,11H,5-6H2,1-4H3,(H,18,19)(H,15,16,17). The maximum Gasteiger partial charge on any atom is 0.341 e. The van der Waals surface area contributed by atoms with Gasteiger partial charge in [-0.1, -0.05) is 13.8 Å². The Morgan fingerprint density at radius 3 is 2.57 bits per heavy atom. The number of aliphatic carboxylic acids is 1. The van der Waals surface area contributed by atoms with Gasteiger partial charge >= 0.3 is 11.9 Å². The number of aromatic nitrogens is 2. The van der Waals surface area contributed by atoms with Crippen molar-refractivity contribution < 1.29 is 19.4 Å². The van der Waals surface area contributed by atoms with Crippen LogP contribution in [0.15, 0.2) is 6.20 Å². The van der Waals surface area contributed by atoms with E-state index in [1.165, 1.54) is 6.20 Å². The zero-order chi connectivity index (χ0) is 16.0. The van der Waals surface area contributed by atoms with Gasteiger partial charge in [0, 0.05) is 6.20 Å². The lowest BCUT2D eigenvalue weighted by atomic mass is 10.0. The second kappa shape index (κ2) is 7.56. The van der Waals surface area contributed by atoms with E-state index in [0.717, 1.165) is 0 Å². The van der Waals surface area contributed by atoms with Crippen LogP contribution in [0.3, 0.4) is 0 Å². The Kier molecular flexibility index (Phi) is 6.08. The molecule has 0 saturated carbocycles. The summed E-state index contributed by atoms with van der Waals surface area (Å²) < 4.78 is 4.89. The number of hydrogen-bond donors (Lipinski definition) is 2. The Morgan fingerprint density at radius 1 is 1.43 bits per heavy atom. The van der Waals surface area contributed by atoms with Crippen molar-refractivity contribution in [2.45, 2.75) is 40.2 Å². The summed E-state index contributed by atoms with van der Waals surface area (Å²) in [5, 5.41) is 11.9. The molecule has 21 heavy (non-hydrogen) atoms. The highest BCUT2D eigenvalue weighted by atomic mass is 16.5. The minimum Gasteiger partial charge on any atom is -0.480 e. The second-order valence-electron chi connectivity index (χ2n) is 5.08. The number of nitrogens with zero attached hydrogens (tertiary/aromatic N) is 2. The fourth-order valence-electron chi connectivity index (χ4n) is 1.79. The van der Waals surface area contributed by atoms with Gasteiger partial charge in [0.15, 0.2) is 0 Å². The zero-order valence-electron chi connectivity index (χ0n) is 12.7. The number of carboxylic acid groups (broad SMARTS) is 1. The van der Waals surface area contributed by atoms with E-state index in [1.807, 2.05) is 13.8 Å². The molecule has 7 heteroatoms. The lowest BCUT2D eigenvalue weighted by molar-refractivity contribution is -0.138. The topological polar surface area (TPSA) is 101 Å². The van der Waals surface area contributed by atoms with Gasteiger partial charge in [-0.2, -0.15) is 0 Å². The third kappa shape index (κ3) is 5.02. The van der Waals surface area contributed by atoms with Crippen molar-refractivity contribution in [3.05, 3.63) is 17.5 Å². The molecular formula is C14H21N3O4. The smallest absolute Gasteiger partial charge is 0.341 e. The van der Waals surface area contributed by atoms with Crippen molar-refractivity contribution in [1.82, 2.24) is 9.97 Å². The van der Waals surface area contributed by atoms with Gasteiger partial charge < -0.3 is 15.2 Å². The summed E-state index contributed by atoms with van der Waals surface area (Å²) in [5.74, 6) is -1.04. The predicted molar refractivity (Wildman–Crippen MR) is 77.2 cm³/mol. The van der Waals surface area contributed by atoms with Gasteiger partial charge in [0.2, 0.25) is 5.95 Å². The first-order chi connectivity index (χ1) is 9.85. The summed E-state index contributed by atoms with van der Waals surface area (Å²) >= 11 is 0. The van der Waals surface area contributed by atoms with E-state index in [0.29, 0.717) is 12.1 Å². The van der Waals surface area contributed by atoms with Crippen LogP contribution >= 0.6 is 0 Å². The van der Waals surface area contributed by atoms with E-state index in [1.54, 1.807) is 13.8 Å². The first-order valence-electron chi connectivity index (χ1n) is 6.85. The van der Waals surface area contributed by atoms with Crippen LogP contribution in [0.2, 0.25) is 0 Å². The monoisotopic (exact) mass is 295 g/mol. The van der Waals surface area contributed by atoms with Crippen LogP contribution in [0.25, 0.3) is 0 Å². The first kappa shape index (κ1) is 16.9. The van der Waals surface area contributed by atoms with Gasteiger partial charge in [-0.15, -0.1) is 0 Å². The zero-order valence-corrected chi connectivity index (χ0v) is 12.7. The second-order valence-corrected chi connectivity index (χ2v) is 5.08. The number of anilines is 1. The number of carbonyl (C=O) groups excluding carboxylic acids is 1. The summed E-state index contributed by atoms with van der Waals surface area (Å²) in [7, 11) is 0. The van der Waals surface area contributed by atoms with Gasteiger partial charge in [-0.3, -0.25) is 0 Å². The molecule has 1 aromatic rings. The van der Waals surface area contributed by atoms with E-state index in [4.69, 9.17) is 4.74 Å². The molecule has 1 atom stereocenters. The summed E-state index contributed by atoms with van der Waals surface area (Å²) in [6.07, 6.45) is 1.80. The molecule has 0 aromatic carbocycles. The molecule has 0 spiro atoms. The number of esters is 1. The highest BCUT2D eigenvalue weighted by Gasteiger charge is 2.20. The van der Waals surface area contributed by atoms with Crippen LogP contribution in [0.4, 0.5) is 5.95 Å². The molecule has 1 aromatic heterocycles. The van der Waals surface area contributed by atoms with Crippen LogP contribution in [-0.2, 0) is 9.53 Å². The average Bonchev–Trinajstić information content (AvgIpc) is 2.37. The summed E-state index contributed by atoms with van der Waals surface area (Å²) in [4.78, 5) is 30.9. The SMILES string of the molecule is CCOC(=O)c1cnc(NC(CC(C)C)C(=O)O)nc1C. The Morgan fingerprint density at radius 2 is 2.10 bits per heavy atom. The van der Waals surface area contributed by atoms with Crippen LogP contribution in [0.5, 0.6) is 0 Å². The Hall–Kier alpha value is -2.18. The largest absolute Gasteiger partial charge is 0.480 e. The van der Waals surface area contributed by atoms with Gasteiger partial charge in [-0.05, 0) is 26.2 Å². The van der Waals surface area contributed by atoms with Crippen molar-refractivity contribution >= 4 is 17.9 Å². The summed E-state index contributed by atoms with van der Waals surface area (Å²) in [6, 6.07) is -0.766. The predicted octanol–water partition coefficient (Wildman–Crippen LogP) is 1.87. The molecule has 0 bridgehead atoms. The molecule has 0 aliphatic heterocycles. The molecule has 0 aliphatic carbocycles. The molecule has 0 fully saturated rings. The molecule has 1 rings (SSSR count). The molecule has 0 saturated heterocycles. The molecule has 0 amide bonds. The van der Waals surface area contributed by atoms with Crippen molar-refractivity contribution in [2.75, 3.05) is 11.9 Å². The molecular weight excluding hydrogens is 274 g/mol. The third-order valence-corrected chi connectivity index (χ3v) is 2.78. The number of ether oxygens (including phenoxy) is 1. The minimum absolute atomic E-state index is 0.189. The number of carboxylic acids is 1. The highest BCUT2D eigenvalue weighted by Crippen LogP contribution is 2.13. The molecule has 7 nitrogen and oxygen atoms in total. The maximum absolute atomic E-state index is 11.6. The average molecular weight is 295 g/mol. The Labute approximate surface area is 123 Å². The van der Waals surface area contributed by atoms with Gasteiger partial charge in [0.05, 0.1) is 17.9 Å². The van der Waals surface area contributed by atoms with E-state index >= 15 is 0 Å². The fraction of sp³-hybridized carbons (Fsp3) is 0.571. The third-order valence-electron chi connectivity index (χ3n) is 2.78. The molecule has 0 radical (unpaired) electrons. The molecule has 1 heterocycles. The number of hydrogen-bond acceptors (Lipinski definition) is 6. The van der Waals surface area contributed by atoms with Crippen molar-refractivity contribution in [3.8, 4) is 0 Å². The van der Waals surface area contributed by atoms with Crippen molar-refractivity contribution in [1.29, 1.82) is 0 Å². The molecule has 1 unspecified atom stereocenters. The number of carbonyl (C=O) groups is 2. The van der Waals surface area contributed by atoms with Gasteiger partial charge in [-0.25, -0.2) is 19.6 Å². The summed E-state index contributed by atoms with van der Waals surface area (Å²) in [5.41, 5.74) is 0.720. The highest BCUT2D eigenvalue weighted by molar-refractivity contribution is 5.90. The first-order valence-corrected chi connectivity index (χ1v) is 6.85. The van der Waals surface area contributed by atoms with Crippen molar-refractivity contribution in [2.24, 2.45) is 5.92 Å². The quantitative estimate of drug-likeness (QED) is 0.740. The van der Waals surface area contributed by atoms with Crippen LogP contribution in [-0.4, -0.2) is 39.7 Å². The Balaban J connectivity index is 2.87. The fourth-order valence-corrected chi connectivity index (χ4v) is 1.79. The molecule has 0 aliphatic rings. The van der Waals surface area contributed by atoms with Crippen molar-refractivity contribution in [3.63, 3.8) is 0 Å². The van der Waals surface area contributed by atoms with E-state index in [2.05, 4.69) is 15.3 Å². The minimum atomic E-state index is -0.959. The number of nitrogens with one attached hydrogen (secondary N) is 1. The molecule has 2 N–H and O–H groups in total. The van der Waals surface area contributed by atoms with E-state index in [-0.39, 0.29) is 24.0 Å². The van der Waals surface area contributed by atoms with Gasteiger partial charge in [0.25, 0.3) is 0 Å². The number of rotatable bonds is 7. The molecule has 116 valence electrons. The normalized spacial score (nSPS) is 12.0.